The van der Waals surface area contributed by atoms with Crippen LogP contribution in [0.2, 0.25) is 0 Å². The van der Waals surface area contributed by atoms with E-state index in [0.29, 0.717) is 5.95 Å². The van der Waals surface area contributed by atoms with Crippen LogP contribution in [0, 0.1) is 0 Å². The molecule has 1 aliphatic heterocycles. The van der Waals surface area contributed by atoms with Crippen LogP contribution >= 0.6 is 0 Å². The number of carbonyl (C=O) groups excluding carboxylic acids is 1. The van der Waals surface area contributed by atoms with Gasteiger partial charge in [-0.05, 0) is 69.2 Å². The molecule has 2 N–H and O–H groups in total. The fourth-order valence-electron chi connectivity index (χ4n) is 4.75. The SMILES string of the molecule is CCn1cc(-c2ccnc(Nc3ccc(N4CCC(C)(NC(C)=O)CC4)cc3)n2)c(-c2cccnc2)n1. The van der Waals surface area contributed by atoms with Crippen molar-refractivity contribution in [1.29, 1.82) is 0 Å². The van der Waals surface area contributed by atoms with Gasteiger partial charge in [0.1, 0.15) is 5.69 Å². The largest absolute Gasteiger partial charge is 0.371 e. The predicted molar refractivity (Wildman–Crippen MR) is 146 cm³/mol. The van der Waals surface area contributed by atoms with Gasteiger partial charge < -0.3 is 15.5 Å². The van der Waals surface area contributed by atoms with Gasteiger partial charge in [-0.25, -0.2) is 9.97 Å². The Balaban J connectivity index is 1.30. The zero-order valence-corrected chi connectivity index (χ0v) is 21.5. The molecule has 0 saturated carbocycles. The summed E-state index contributed by atoms with van der Waals surface area (Å²) in [5.74, 6) is 0.556. The molecule has 1 amide bonds. The number of benzene rings is 1. The molecule has 9 heteroatoms. The monoisotopic (exact) mass is 496 g/mol. The summed E-state index contributed by atoms with van der Waals surface area (Å²) in [4.78, 5) is 27.3. The van der Waals surface area contributed by atoms with Crippen molar-refractivity contribution < 1.29 is 4.79 Å². The van der Waals surface area contributed by atoms with Crippen molar-refractivity contribution in [2.24, 2.45) is 0 Å². The van der Waals surface area contributed by atoms with Gasteiger partial charge in [-0.2, -0.15) is 5.10 Å². The molecule has 0 atom stereocenters. The Hall–Kier alpha value is -4.27. The van der Waals surface area contributed by atoms with E-state index in [1.807, 2.05) is 47.4 Å². The van der Waals surface area contributed by atoms with Crippen molar-refractivity contribution in [3.8, 4) is 22.5 Å². The Morgan fingerprint density at radius 3 is 2.54 bits per heavy atom. The minimum atomic E-state index is -0.128. The summed E-state index contributed by atoms with van der Waals surface area (Å²) in [5, 5.41) is 11.2. The highest BCUT2D eigenvalue weighted by Gasteiger charge is 2.30. The lowest BCUT2D eigenvalue weighted by Crippen LogP contribution is -2.52. The molecule has 0 radical (unpaired) electrons. The van der Waals surface area contributed by atoms with Crippen LogP contribution in [0.3, 0.4) is 0 Å². The first-order valence-corrected chi connectivity index (χ1v) is 12.6. The maximum absolute atomic E-state index is 11.5. The maximum atomic E-state index is 11.5. The first kappa shape index (κ1) is 24.4. The van der Waals surface area contributed by atoms with Crippen molar-refractivity contribution >= 4 is 23.2 Å². The smallest absolute Gasteiger partial charge is 0.227 e. The quantitative estimate of drug-likeness (QED) is 0.384. The Bertz CT molecular complexity index is 1360. The minimum Gasteiger partial charge on any atom is -0.371 e. The van der Waals surface area contributed by atoms with Crippen LogP contribution in [0.1, 0.15) is 33.6 Å². The highest BCUT2D eigenvalue weighted by Crippen LogP contribution is 2.31. The van der Waals surface area contributed by atoms with Crippen LogP contribution in [0.25, 0.3) is 22.5 Å². The van der Waals surface area contributed by atoms with E-state index in [4.69, 9.17) is 10.1 Å². The van der Waals surface area contributed by atoms with Gasteiger partial charge in [0.05, 0.1) is 5.69 Å². The summed E-state index contributed by atoms with van der Waals surface area (Å²) in [5.41, 5.74) is 5.48. The number of aromatic nitrogens is 5. The zero-order valence-electron chi connectivity index (χ0n) is 21.5. The second-order valence-electron chi connectivity index (χ2n) is 9.66. The summed E-state index contributed by atoms with van der Waals surface area (Å²) in [6.45, 7) is 8.34. The molecule has 1 fully saturated rings. The molecule has 0 aliphatic carbocycles. The fourth-order valence-corrected chi connectivity index (χ4v) is 4.75. The Morgan fingerprint density at radius 1 is 1.08 bits per heavy atom. The summed E-state index contributed by atoms with van der Waals surface area (Å²) in [6, 6.07) is 14.1. The van der Waals surface area contributed by atoms with Crippen LogP contribution in [-0.4, -0.2) is 49.3 Å². The first-order valence-electron chi connectivity index (χ1n) is 12.6. The molecule has 3 aromatic heterocycles. The molecular weight excluding hydrogens is 464 g/mol. The third-order valence-corrected chi connectivity index (χ3v) is 6.79. The van der Waals surface area contributed by atoms with E-state index in [2.05, 4.69) is 51.5 Å². The standard InChI is InChI=1S/C28H32N8O/c1-4-36-19-24(26(34-36)21-6-5-14-29-18-21)25-11-15-30-27(32-25)31-22-7-9-23(10-8-22)35-16-12-28(3,13-17-35)33-20(2)37/h5-11,14-15,18-19H,4,12-13,16-17H2,1-3H3,(H,33,37)(H,30,31,32). The van der Waals surface area contributed by atoms with Gasteiger partial charge in [0.25, 0.3) is 0 Å². The van der Waals surface area contributed by atoms with E-state index in [1.165, 1.54) is 0 Å². The third-order valence-electron chi connectivity index (χ3n) is 6.79. The average molecular weight is 497 g/mol. The van der Waals surface area contributed by atoms with Crippen LogP contribution in [0.5, 0.6) is 0 Å². The predicted octanol–water partition coefficient (Wildman–Crippen LogP) is 4.66. The van der Waals surface area contributed by atoms with E-state index in [1.54, 1.807) is 19.3 Å². The van der Waals surface area contributed by atoms with Crippen LogP contribution in [-0.2, 0) is 11.3 Å². The van der Waals surface area contributed by atoms with Gasteiger partial charge >= 0.3 is 0 Å². The Labute approximate surface area is 217 Å². The number of carbonyl (C=O) groups is 1. The third kappa shape index (κ3) is 5.61. The second-order valence-corrected chi connectivity index (χ2v) is 9.66. The number of nitrogens with one attached hydrogen (secondary N) is 2. The van der Waals surface area contributed by atoms with Crippen LogP contribution in [0.4, 0.5) is 17.3 Å². The normalized spacial score (nSPS) is 14.8. The maximum Gasteiger partial charge on any atom is 0.227 e. The number of nitrogens with zero attached hydrogens (tertiary/aromatic N) is 6. The lowest BCUT2D eigenvalue weighted by molar-refractivity contribution is -0.120. The fraction of sp³-hybridized carbons (Fsp3) is 0.321. The van der Waals surface area contributed by atoms with Crippen molar-refractivity contribution in [1.82, 2.24) is 30.0 Å². The molecule has 1 aromatic carbocycles. The molecule has 0 unspecified atom stereocenters. The lowest BCUT2D eigenvalue weighted by atomic mass is 9.89. The number of aryl methyl sites for hydroxylation is 1. The molecule has 4 heterocycles. The molecular formula is C28H32N8O. The van der Waals surface area contributed by atoms with Gasteiger partial charge in [-0.1, -0.05) is 0 Å². The summed E-state index contributed by atoms with van der Waals surface area (Å²) in [7, 11) is 0. The first-order chi connectivity index (χ1) is 17.9. The van der Waals surface area contributed by atoms with Crippen LogP contribution < -0.4 is 15.5 Å². The topological polar surface area (TPSA) is 101 Å². The van der Waals surface area contributed by atoms with E-state index in [9.17, 15) is 4.79 Å². The lowest BCUT2D eigenvalue weighted by Gasteiger charge is -2.40. The molecule has 1 saturated heterocycles. The molecule has 190 valence electrons. The van der Waals surface area contributed by atoms with Gasteiger partial charge in [0, 0.05) is 79.4 Å². The number of hydrogen-bond acceptors (Lipinski definition) is 7. The second kappa shape index (κ2) is 10.4. The summed E-state index contributed by atoms with van der Waals surface area (Å²) >= 11 is 0. The highest BCUT2D eigenvalue weighted by molar-refractivity contribution is 5.78. The van der Waals surface area contributed by atoms with Crippen LogP contribution in [0.15, 0.2) is 67.3 Å². The van der Waals surface area contributed by atoms with E-state index >= 15 is 0 Å². The molecule has 0 spiro atoms. The number of rotatable bonds is 7. The molecule has 0 bridgehead atoms. The van der Waals surface area contributed by atoms with E-state index < -0.39 is 0 Å². The average Bonchev–Trinajstić information content (AvgIpc) is 3.35. The van der Waals surface area contributed by atoms with Gasteiger partial charge in [-0.15, -0.1) is 0 Å². The molecule has 1 aliphatic rings. The van der Waals surface area contributed by atoms with E-state index in [-0.39, 0.29) is 11.4 Å². The van der Waals surface area contributed by atoms with Gasteiger partial charge in [0.2, 0.25) is 11.9 Å². The minimum absolute atomic E-state index is 0.0326. The number of anilines is 3. The van der Waals surface area contributed by atoms with E-state index in [0.717, 1.165) is 66.4 Å². The number of piperidine rings is 1. The Kier molecular flexibility index (Phi) is 6.85. The highest BCUT2D eigenvalue weighted by atomic mass is 16.1. The van der Waals surface area contributed by atoms with Crippen molar-refractivity contribution in [3.05, 3.63) is 67.3 Å². The molecule has 9 nitrogen and oxygen atoms in total. The molecule has 37 heavy (non-hydrogen) atoms. The number of amides is 1. The zero-order chi connectivity index (χ0) is 25.8. The van der Waals surface area contributed by atoms with Gasteiger partial charge in [0.15, 0.2) is 0 Å². The summed E-state index contributed by atoms with van der Waals surface area (Å²) in [6.07, 6.45) is 9.18. The van der Waals surface area contributed by atoms with Crippen molar-refractivity contribution in [2.45, 2.75) is 45.7 Å². The number of pyridine rings is 1. The van der Waals surface area contributed by atoms with Crippen molar-refractivity contribution in [2.75, 3.05) is 23.3 Å². The number of hydrogen-bond donors (Lipinski definition) is 2. The molecule has 4 aromatic rings. The van der Waals surface area contributed by atoms with Crippen molar-refractivity contribution in [3.63, 3.8) is 0 Å². The van der Waals surface area contributed by atoms with Gasteiger partial charge in [-0.3, -0.25) is 14.5 Å². The molecule has 5 rings (SSSR count). The summed E-state index contributed by atoms with van der Waals surface area (Å²) < 4.78 is 1.91. The Morgan fingerprint density at radius 2 is 1.86 bits per heavy atom.